The fraction of sp³-hybridized carbons (Fsp3) is 0.0714. The Morgan fingerprint density at radius 3 is 2.43 bits per heavy atom. The van der Waals surface area contributed by atoms with Gasteiger partial charge in [-0.3, -0.25) is 4.79 Å². The first-order valence-electron chi connectivity index (χ1n) is 6.34. The summed E-state index contributed by atoms with van der Waals surface area (Å²) >= 11 is 0. The van der Waals surface area contributed by atoms with Crippen LogP contribution in [-0.2, 0) is 14.4 Å². The molecule has 0 atom stereocenters. The molecule has 1 heterocycles. The van der Waals surface area contributed by atoms with E-state index in [2.05, 4.69) is 20.6 Å². The molecule has 2 rings (SSSR count). The molecule has 0 fully saturated rings. The van der Waals surface area contributed by atoms with Crippen molar-refractivity contribution in [1.82, 2.24) is 9.97 Å². The lowest BCUT2D eigenvalue weighted by atomic mass is 10.2. The minimum atomic E-state index is -1.58. The second kappa shape index (κ2) is 6.52. The molecule has 1 aromatic carbocycles. The van der Waals surface area contributed by atoms with Gasteiger partial charge in [-0.05, 0) is 18.2 Å². The number of anilines is 2. The number of carbonyl (C=O) groups is 3. The maximum absolute atomic E-state index is 11.1. The molecule has 0 radical (unpaired) electrons. The van der Waals surface area contributed by atoms with E-state index in [4.69, 9.17) is 10.2 Å². The van der Waals surface area contributed by atoms with Crippen LogP contribution in [0.3, 0.4) is 0 Å². The zero-order valence-corrected chi connectivity index (χ0v) is 11.9. The summed E-state index contributed by atoms with van der Waals surface area (Å²) in [5.74, 6) is -3.21. The molecule has 9 nitrogen and oxygen atoms in total. The minimum Gasteiger partial charge on any atom is -0.477 e. The van der Waals surface area contributed by atoms with Crippen LogP contribution in [0.15, 0.2) is 36.3 Å². The molecule has 0 unspecified atom stereocenters. The summed E-state index contributed by atoms with van der Waals surface area (Å²) in [6.45, 7) is 1.36. The average Bonchev–Trinajstić information content (AvgIpc) is 2.46. The van der Waals surface area contributed by atoms with E-state index >= 15 is 0 Å². The quantitative estimate of drug-likeness (QED) is 0.364. The molecule has 0 aliphatic heterocycles. The van der Waals surface area contributed by atoms with Crippen LogP contribution in [-0.4, -0.2) is 38.0 Å². The molecule has 23 heavy (non-hydrogen) atoms. The van der Waals surface area contributed by atoms with Crippen molar-refractivity contribution in [2.45, 2.75) is 6.92 Å². The predicted molar refractivity (Wildman–Crippen MR) is 80.8 cm³/mol. The fourth-order valence-electron chi connectivity index (χ4n) is 1.81. The van der Waals surface area contributed by atoms with Gasteiger partial charge in [0.05, 0.1) is 5.52 Å². The van der Waals surface area contributed by atoms with Crippen LogP contribution in [0.5, 0.6) is 0 Å². The number of carboxylic acids is 2. The number of rotatable bonds is 5. The smallest absolute Gasteiger partial charge is 0.344 e. The summed E-state index contributed by atoms with van der Waals surface area (Å²) in [6, 6.07) is 4.89. The third kappa shape index (κ3) is 3.79. The van der Waals surface area contributed by atoms with Gasteiger partial charge < -0.3 is 20.8 Å². The topological polar surface area (TPSA) is 142 Å². The van der Waals surface area contributed by atoms with Crippen LogP contribution < -0.4 is 10.6 Å². The normalized spacial score (nSPS) is 9.96. The summed E-state index contributed by atoms with van der Waals surface area (Å²) in [6.07, 6.45) is 2.08. The van der Waals surface area contributed by atoms with Gasteiger partial charge in [0.15, 0.2) is 5.57 Å². The fourth-order valence-corrected chi connectivity index (χ4v) is 1.81. The van der Waals surface area contributed by atoms with Crippen molar-refractivity contribution >= 4 is 40.3 Å². The molecule has 0 spiro atoms. The first-order chi connectivity index (χ1) is 10.9. The standard InChI is InChI=1S/C14H12N4O5/c1-7(19)18-8-2-3-11-9(4-8)12(17-6-16-11)15-5-10(13(20)21)14(22)23/h2-6H,1H3,(H,18,19)(H,20,21)(H,22,23)(H,15,16,17). The summed E-state index contributed by atoms with van der Waals surface area (Å²) in [5, 5.41) is 23.3. The van der Waals surface area contributed by atoms with E-state index in [-0.39, 0.29) is 11.7 Å². The summed E-state index contributed by atoms with van der Waals surface area (Å²) in [5.41, 5.74) is 0.204. The highest BCUT2D eigenvalue weighted by molar-refractivity contribution is 6.12. The molecular weight excluding hydrogens is 304 g/mol. The van der Waals surface area contributed by atoms with E-state index in [0.29, 0.717) is 16.6 Å². The van der Waals surface area contributed by atoms with Gasteiger partial charge in [0, 0.05) is 24.2 Å². The van der Waals surface area contributed by atoms with Crippen molar-refractivity contribution in [1.29, 1.82) is 0 Å². The van der Waals surface area contributed by atoms with Crippen molar-refractivity contribution in [3.05, 3.63) is 36.3 Å². The Hall–Kier alpha value is -3.49. The number of hydrogen-bond acceptors (Lipinski definition) is 6. The number of hydrogen-bond donors (Lipinski definition) is 4. The van der Waals surface area contributed by atoms with E-state index in [1.807, 2.05) is 0 Å². The van der Waals surface area contributed by atoms with Crippen LogP contribution in [0.2, 0.25) is 0 Å². The Balaban J connectivity index is 2.43. The zero-order chi connectivity index (χ0) is 17.0. The van der Waals surface area contributed by atoms with E-state index in [1.165, 1.54) is 13.3 Å². The summed E-state index contributed by atoms with van der Waals surface area (Å²) < 4.78 is 0. The molecule has 0 saturated heterocycles. The first kappa shape index (κ1) is 15.9. The molecular formula is C14H12N4O5. The molecule has 1 amide bonds. The molecule has 0 aliphatic rings. The van der Waals surface area contributed by atoms with Crippen molar-refractivity contribution in [2.24, 2.45) is 0 Å². The number of amides is 1. The number of aliphatic carboxylic acids is 2. The maximum atomic E-state index is 11.1. The number of nitrogens with one attached hydrogen (secondary N) is 2. The Kier molecular flexibility index (Phi) is 4.50. The third-order valence-electron chi connectivity index (χ3n) is 2.77. The number of benzene rings is 1. The van der Waals surface area contributed by atoms with E-state index in [0.717, 1.165) is 6.20 Å². The second-order valence-corrected chi connectivity index (χ2v) is 4.45. The Labute approximate surface area is 129 Å². The van der Waals surface area contributed by atoms with E-state index < -0.39 is 17.5 Å². The lowest BCUT2D eigenvalue weighted by Gasteiger charge is -2.07. The Morgan fingerprint density at radius 1 is 1.13 bits per heavy atom. The highest BCUT2D eigenvalue weighted by Crippen LogP contribution is 2.23. The minimum absolute atomic E-state index is 0.210. The Bertz CT molecular complexity index is 815. The lowest BCUT2D eigenvalue weighted by Crippen LogP contribution is -2.13. The zero-order valence-electron chi connectivity index (χ0n) is 11.9. The number of nitrogens with zero attached hydrogens (tertiary/aromatic N) is 2. The first-order valence-corrected chi connectivity index (χ1v) is 6.34. The maximum Gasteiger partial charge on any atom is 0.344 e. The van der Waals surface area contributed by atoms with Gasteiger partial charge in [-0.25, -0.2) is 19.6 Å². The molecule has 2 aromatic rings. The number of aromatic nitrogens is 2. The Morgan fingerprint density at radius 2 is 1.83 bits per heavy atom. The van der Waals surface area contributed by atoms with Crippen LogP contribution in [0.1, 0.15) is 6.92 Å². The van der Waals surface area contributed by atoms with Gasteiger partial charge in [0.25, 0.3) is 0 Å². The third-order valence-corrected chi connectivity index (χ3v) is 2.77. The molecule has 0 saturated carbocycles. The molecule has 118 valence electrons. The molecule has 0 aliphatic carbocycles. The van der Waals surface area contributed by atoms with Gasteiger partial charge in [-0.15, -0.1) is 0 Å². The van der Waals surface area contributed by atoms with Gasteiger partial charge in [0.1, 0.15) is 12.1 Å². The second-order valence-electron chi connectivity index (χ2n) is 4.45. The van der Waals surface area contributed by atoms with E-state index in [1.54, 1.807) is 18.2 Å². The van der Waals surface area contributed by atoms with Crippen molar-refractivity contribution in [3.63, 3.8) is 0 Å². The largest absolute Gasteiger partial charge is 0.477 e. The monoisotopic (exact) mass is 316 g/mol. The number of carboxylic acid groups (broad SMARTS) is 2. The van der Waals surface area contributed by atoms with Gasteiger partial charge in [-0.2, -0.15) is 0 Å². The van der Waals surface area contributed by atoms with Crippen molar-refractivity contribution in [3.8, 4) is 0 Å². The molecule has 1 aromatic heterocycles. The van der Waals surface area contributed by atoms with Crippen LogP contribution in [0.25, 0.3) is 10.9 Å². The van der Waals surface area contributed by atoms with Crippen molar-refractivity contribution < 1.29 is 24.6 Å². The number of fused-ring (bicyclic) bond motifs is 1. The van der Waals surface area contributed by atoms with Gasteiger partial charge in [0.2, 0.25) is 5.91 Å². The van der Waals surface area contributed by atoms with Crippen LogP contribution >= 0.6 is 0 Å². The average molecular weight is 316 g/mol. The molecule has 4 N–H and O–H groups in total. The molecule has 0 bridgehead atoms. The van der Waals surface area contributed by atoms with E-state index in [9.17, 15) is 14.4 Å². The van der Waals surface area contributed by atoms with Gasteiger partial charge in [-0.1, -0.05) is 0 Å². The lowest BCUT2D eigenvalue weighted by molar-refractivity contribution is -0.140. The van der Waals surface area contributed by atoms with Crippen LogP contribution in [0.4, 0.5) is 11.5 Å². The number of carbonyl (C=O) groups excluding carboxylic acids is 1. The van der Waals surface area contributed by atoms with Crippen LogP contribution in [0, 0.1) is 0 Å². The van der Waals surface area contributed by atoms with Gasteiger partial charge >= 0.3 is 11.9 Å². The molecule has 9 heteroatoms. The SMILES string of the molecule is CC(=O)Nc1ccc2ncnc(NC=C(C(=O)O)C(=O)O)c2c1. The summed E-state index contributed by atoms with van der Waals surface area (Å²) in [7, 11) is 0. The van der Waals surface area contributed by atoms with Crippen molar-refractivity contribution in [2.75, 3.05) is 10.6 Å². The highest BCUT2D eigenvalue weighted by Gasteiger charge is 2.16. The summed E-state index contributed by atoms with van der Waals surface area (Å²) in [4.78, 5) is 40.8. The highest BCUT2D eigenvalue weighted by atomic mass is 16.4. The predicted octanol–water partition coefficient (Wildman–Crippen LogP) is 1.05.